The first-order valence-electron chi connectivity index (χ1n) is 10.8. The van der Waals surface area contributed by atoms with Crippen molar-refractivity contribution in [1.82, 2.24) is 10.3 Å². The van der Waals surface area contributed by atoms with Gasteiger partial charge in [-0.3, -0.25) is 10.1 Å². The molecule has 1 aromatic heterocycles. The Bertz CT molecular complexity index is 1210. The lowest BCUT2D eigenvalue weighted by atomic mass is 9.76. The lowest BCUT2D eigenvalue weighted by molar-refractivity contribution is 0.101. The molecule has 1 unspecified atom stereocenters. The van der Waals surface area contributed by atoms with Gasteiger partial charge in [0.1, 0.15) is 17.2 Å². The van der Waals surface area contributed by atoms with E-state index < -0.39 is 28.5 Å². The molecular weight excluding hydrogens is 478 g/mol. The number of nitrogens with one attached hydrogen (secondary N) is 2. The molecule has 1 saturated heterocycles. The Balaban J connectivity index is 1.57. The molecule has 4 rings (SSSR count). The fraction of sp³-hybridized carbons (Fsp3) is 0.280. The minimum Gasteiger partial charge on any atom is -0.369 e. The van der Waals surface area contributed by atoms with Crippen LogP contribution in [-0.4, -0.2) is 37.1 Å². The van der Waals surface area contributed by atoms with E-state index in [2.05, 4.69) is 21.5 Å². The summed E-state index contributed by atoms with van der Waals surface area (Å²) >= 11 is 7.15. The van der Waals surface area contributed by atoms with E-state index in [1.165, 1.54) is 12.1 Å². The zero-order valence-electron chi connectivity index (χ0n) is 18.5. The number of terminal acetylenes is 1. The van der Waals surface area contributed by atoms with Crippen LogP contribution in [0.25, 0.3) is 0 Å². The Morgan fingerprint density at radius 1 is 1.26 bits per heavy atom. The number of carbonyl (C=O) groups excluding carboxylic acids is 1. The first-order chi connectivity index (χ1) is 16.4. The second-order valence-corrected chi connectivity index (χ2v) is 9.22. The molecule has 1 aliphatic rings. The quantitative estimate of drug-likeness (QED) is 0.464. The lowest BCUT2D eigenvalue weighted by Gasteiger charge is -2.29. The van der Waals surface area contributed by atoms with Crippen LogP contribution in [0.2, 0.25) is 5.02 Å². The molecule has 34 heavy (non-hydrogen) atoms. The minimum atomic E-state index is -0.921. The van der Waals surface area contributed by atoms with Gasteiger partial charge in [0, 0.05) is 42.3 Å². The Hall–Kier alpha value is -2.99. The Morgan fingerprint density at radius 2 is 1.91 bits per heavy atom. The molecule has 2 heterocycles. The summed E-state index contributed by atoms with van der Waals surface area (Å²) in [6.07, 6.45) is 6.48. The van der Waals surface area contributed by atoms with Gasteiger partial charge in [-0.15, -0.1) is 17.8 Å². The SMILES string of the molecule is C#CC(CC)(c1ccc(Cl)cc1)c1csc(NC(=O)c2c(F)cc(N3CCNCC3)cc2F)n1. The summed E-state index contributed by atoms with van der Waals surface area (Å²) in [6, 6.07) is 9.57. The van der Waals surface area contributed by atoms with Gasteiger partial charge in [0.2, 0.25) is 0 Å². The lowest BCUT2D eigenvalue weighted by Crippen LogP contribution is -2.43. The summed E-state index contributed by atoms with van der Waals surface area (Å²) in [6.45, 7) is 4.66. The maximum atomic E-state index is 14.8. The van der Waals surface area contributed by atoms with Crippen LogP contribution in [0.1, 0.15) is 35.0 Å². The van der Waals surface area contributed by atoms with Gasteiger partial charge in [-0.2, -0.15) is 0 Å². The van der Waals surface area contributed by atoms with Crippen molar-refractivity contribution in [3.05, 3.63) is 75.3 Å². The standard InChI is InChI=1S/C25H23ClF2N4OS/c1-3-25(4-2,16-5-7-17(26)8-6-16)21-15-34-24(30-21)31-23(33)22-19(27)13-18(14-20(22)28)32-11-9-29-10-12-32/h1,5-8,13-15,29H,4,9-12H2,2H3,(H,30,31,33). The monoisotopic (exact) mass is 500 g/mol. The molecule has 0 saturated carbocycles. The second-order valence-electron chi connectivity index (χ2n) is 7.92. The third-order valence-corrected chi connectivity index (χ3v) is 7.02. The molecule has 2 N–H and O–H groups in total. The van der Waals surface area contributed by atoms with E-state index in [1.807, 2.05) is 24.0 Å². The molecule has 0 bridgehead atoms. The predicted molar refractivity (Wildman–Crippen MR) is 133 cm³/mol. The van der Waals surface area contributed by atoms with E-state index >= 15 is 0 Å². The van der Waals surface area contributed by atoms with Crippen molar-refractivity contribution in [2.45, 2.75) is 18.8 Å². The van der Waals surface area contributed by atoms with Gasteiger partial charge in [0.05, 0.1) is 11.1 Å². The summed E-state index contributed by atoms with van der Waals surface area (Å²) in [5.41, 5.74) is 0.341. The van der Waals surface area contributed by atoms with E-state index in [0.717, 1.165) is 30.0 Å². The van der Waals surface area contributed by atoms with Gasteiger partial charge in [0.15, 0.2) is 5.13 Å². The molecule has 0 radical (unpaired) electrons. The van der Waals surface area contributed by atoms with Gasteiger partial charge in [-0.05, 0) is 36.2 Å². The van der Waals surface area contributed by atoms with Crippen molar-refractivity contribution < 1.29 is 13.6 Å². The minimum absolute atomic E-state index is 0.201. The van der Waals surface area contributed by atoms with Gasteiger partial charge in [0.25, 0.3) is 5.91 Å². The summed E-state index contributed by atoms with van der Waals surface area (Å²) in [5.74, 6) is 0.0833. The molecule has 1 atom stereocenters. The average Bonchev–Trinajstić information content (AvgIpc) is 3.30. The first kappa shape index (κ1) is 24.1. The number of piperazine rings is 1. The number of halogens is 3. The van der Waals surface area contributed by atoms with Crippen LogP contribution in [0.5, 0.6) is 0 Å². The fourth-order valence-corrected chi connectivity index (χ4v) is 5.00. The second kappa shape index (κ2) is 10.1. The van der Waals surface area contributed by atoms with Gasteiger partial charge in [-0.1, -0.05) is 36.6 Å². The number of hydrogen-bond acceptors (Lipinski definition) is 5. The van der Waals surface area contributed by atoms with Crippen molar-refractivity contribution in [3.8, 4) is 12.3 Å². The van der Waals surface area contributed by atoms with Crippen molar-refractivity contribution in [1.29, 1.82) is 0 Å². The van der Waals surface area contributed by atoms with Crippen molar-refractivity contribution >= 4 is 39.7 Å². The molecular formula is C25H23ClF2N4OS. The van der Waals surface area contributed by atoms with E-state index in [0.29, 0.717) is 35.9 Å². The van der Waals surface area contributed by atoms with Crippen LogP contribution in [0.4, 0.5) is 19.6 Å². The normalized spacial score (nSPS) is 15.4. The zero-order chi connectivity index (χ0) is 24.3. The number of aromatic nitrogens is 1. The number of thiazole rings is 1. The molecule has 3 aromatic rings. The van der Waals surface area contributed by atoms with Crippen LogP contribution < -0.4 is 15.5 Å². The largest absolute Gasteiger partial charge is 0.369 e. The number of carbonyl (C=O) groups is 1. The van der Waals surface area contributed by atoms with Crippen LogP contribution in [-0.2, 0) is 5.41 Å². The fourth-order valence-electron chi connectivity index (χ4n) is 4.10. The molecule has 176 valence electrons. The predicted octanol–water partition coefficient (Wildman–Crippen LogP) is 5.07. The molecule has 1 amide bonds. The summed E-state index contributed by atoms with van der Waals surface area (Å²) in [7, 11) is 0. The highest BCUT2D eigenvalue weighted by atomic mass is 35.5. The number of hydrogen-bond donors (Lipinski definition) is 2. The molecule has 1 fully saturated rings. The van der Waals surface area contributed by atoms with Crippen molar-refractivity contribution in [2.24, 2.45) is 0 Å². The third kappa shape index (κ3) is 4.64. The number of nitrogens with zero attached hydrogens (tertiary/aromatic N) is 2. The maximum absolute atomic E-state index is 14.8. The number of benzene rings is 2. The smallest absolute Gasteiger partial charge is 0.263 e. The summed E-state index contributed by atoms with van der Waals surface area (Å²) in [4.78, 5) is 19.1. The van der Waals surface area contributed by atoms with E-state index in [4.69, 9.17) is 18.0 Å². The van der Waals surface area contributed by atoms with Crippen molar-refractivity contribution in [3.63, 3.8) is 0 Å². The van der Waals surface area contributed by atoms with Crippen molar-refractivity contribution in [2.75, 3.05) is 36.4 Å². The van der Waals surface area contributed by atoms with E-state index in [9.17, 15) is 13.6 Å². The molecule has 9 heteroatoms. The maximum Gasteiger partial charge on any atom is 0.263 e. The number of anilines is 2. The number of rotatable bonds is 6. The van der Waals surface area contributed by atoms with Gasteiger partial charge >= 0.3 is 0 Å². The highest BCUT2D eigenvalue weighted by molar-refractivity contribution is 7.14. The Kier molecular flexibility index (Phi) is 7.17. The zero-order valence-corrected chi connectivity index (χ0v) is 20.1. The molecule has 1 aliphatic heterocycles. The highest BCUT2D eigenvalue weighted by Gasteiger charge is 2.33. The van der Waals surface area contributed by atoms with E-state index in [1.54, 1.807) is 17.5 Å². The summed E-state index contributed by atoms with van der Waals surface area (Å²) in [5, 5.41) is 8.23. The Labute approximate surface area is 206 Å². The van der Waals surface area contributed by atoms with E-state index in [-0.39, 0.29) is 5.13 Å². The van der Waals surface area contributed by atoms with Crippen LogP contribution in [0.3, 0.4) is 0 Å². The highest BCUT2D eigenvalue weighted by Crippen LogP contribution is 2.37. The average molecular weight is 501 g/mol. The topological polar surface area (TPSA) is 57.3 Å². The van der Waals surface area contributed by atoms with Crippen LogP contribution in [0.15, 0.2) is 41.8 Å². The van der Waals surface area contributed by atoms with Gasteiger partial charge in [-0.25, -0.2) is 13.8 Å². The Morgan fingerprint density at radius 3 is 2.50 bits per heavy atom. The molecule has 0 spiro atoms. The molecule has 5 nitrogen and oxygen atoms in total. The van der Waals surface area contributed by atoms with Crippen LogP contribution >= 0.6 is 22.9 Å². The van der Waals surface area contributed by atoms with Crippen LogP contribution in [0, 0.1) is 24.0 Å². The molecule has 0 aliphatic carbocycles. The molecule has 2 aromatic carbocycles. The third-order valence-electron chi connectivity index (χ3n) is 6.01. The summed E-state index contributed by atoms with van der Waals surface area (Å²) < 4.78 is 29.6. The number of amides is 1. The first-order valence-corrected chi connectivity index (χ1v) is 12.1. The van der Waals surface area contributed by atoms with Gasteiger partial charge < -0.3 is 10.2 Å².